The Kier molecular flexibility index (Phi) is 4.50. The minimum Gasteiger partial charge on any atom is -0.229 e. The number of rotatable bonds is 4. The normalized spacial score (nSPS) is 15.8. The number of hydrogen-bond donors (Lipinski definition) is 0. The summed E-state index contributed by atoms with van der Waals surface area (Å²) in [6.07, 6.45) is 1.70. The Morgan fingerprint density at radius 1 is 1.44 bits per heavy atom. The minimum absolute atomic E-state index is 0.204. The lowest BCUT2D eigenvalue weighted by molar-refractivity contribution is 0.586. The molecule has 0 saturated heterocycles. The van der Waals surface area contributed by atoms with Crippen molar-refractivity contribution in [1.82, 2.24) is 0 Å². The van der Waals surface area contributed by atoms with E-state index in [1.807, 2.05) is 0 Å². The fourth-order valence-corrected chi connectivity index (χ4v) is 3.51. The van der Waals surface area contributed by atoms with E-state index in [0.717, 1.165) is 5.56 Å². The topological polar surface area (TPSA) is 34.1 Å². The maximum absolute atomic E-state index is 12.9. The molecule has 0 aliphatic carbocycles. The molecule has 1 aromatic rings. The van der Waals surface area contributed by atoms with Gasteiger partial charge in [-0.25, -0.2) is 12.8 Å². The summed E-state index contributed by atoms with van der Waals surface area (Å²) in [6, 6.07) is 6.19. The number of sulfone groups is 1. The van der Waals surface area contributed by atoms with Crippen molar-refractivity contribution in [2.45, 2.75) is 23.4 Å². The number of hydrogen-bond acceptors (Lipinski definition) is 2. The molecule has 0 aromatic heterocycles. The quantitative estimate of drug-likeness (QED) is 0.801. The molecule has 0 aliphatic rings. The lowest BCUT2D eigenvalue weighted by Gasteiger charge is -2.16. The zero-order valence-corrected chi connectivity index (χ0v) is 11.6. The molecule has 0 fully saturated rings. The van der Waals surface area contributed by atoms with E-state index < -0.39 is 15.1 Å². The van der Waals surface area contributed by atoms with Gasteiger partial charge in [0.25, 0.3) is 0 Å². The van der Waals surface area contributed by atoms with Crippen molar-refractivity contribution in [3.8, 4) is 0 Å². The summed E-state index contributed by atoms with van der Waals surface area (Å²) in [4.78, 5) is -0.204. The minimum atomic E-state index is -3.07. The molecule has 0 radical (unpaired) electrons. The summed E-state index contributed by atoms with van der Waals surface area (Å²) in [7, 11) is -3.07. The molecule has 2 atom stereocenters. The highest BCUT2D eigenvalue weighted by atomic mass is 79.9. The summed E-state index contributed by atoms with van der Waals surface area (Å²) in [6.45, 7) is 1.65. The Hall–Kier alpha value is -0.420. The van der Waals surface area contributed by atoms with Crippen molar-refractivity contribution in [2.75, 3.05) is 6.26 Å². The molecule has 5 heteroatoms. The average molecular weight is 309 g/mol. The molecule has 0 amide bonds. The van der Waals surface area contributed by atoms with E-state index in [0.29, 0.717) is 6.42 Å². The monoisotopic (exact) mass is 308 g/mol. The molecule has 0 heterocycles. The van der Waals surface area contributed by atoms with Crippen LogP contribution in [-0.2, 0) is 16.3 Å². The van der Waals surface area contributed by atoms with E-state index in [1.165, 1.54) is 18.4 Å². The van der Waals surface area contributed by atoms with Gasteiger partial charge < -0.3 is 0 Å². The fraction of sp³-hybridized carbons (Fsp3) is 0.455. The first-order valence-electron chi connectivity index (χ1n) is 4.88. The van der Waals surface area contributed by atoms with Crippen molar-refractivity contribution >= 4 is 25.8 Å². The van der Waals surface area contributed by atoms with E-state index in [9.17, 15) is 12.8 Å². The van der Waals surface area contributed by atoms with E-state index in [1.54, 1.807) is 19.1 Å². The van der Waals surface area contributed by atoms with Crippen LogP contribution in [0.1, 0.15) is 12.5 Å². The van der Waals surface area contributed by atoms with Gasteiger partial charge in [-0.1, -0.05) is 28.1 Å². The summed E-state index contributed by atoms with van der Waals surface area (Å²) in [5, 5.41) is -0.490. The van der Waals surface area contributed by atoms with Crippen LogP contribution in [0.4, 0.5) is 4.39 Å². The van der Waals surface area contributed by atoms with Gasteiger partial charge in [0.05, 0.1) is 5.25 Å². The fourth-order valence-electron chi connectivity index (χ4n) is 1.32. The molecular weight excluding hydrogens is 295 g/mol. The van der Waals surface area contributed by atoms with Crippen LogP contribution >= 0.6 is 15.9 Å². The molecular formula is C11H14BrFO2S. The molecule has 16 heavy (non-hydrogen) atoms. The molecule has 0 N–H and O–H groups in total. The maximum Gasteiger partial charge on any atom is 0.151 e. The second kappa shape index (κ2) is 5.27. The third-order valence-corrected chi connectivity index (χ3v) is 5.65. The van der Waals surface area contributed by atoms with Gasteiger partial charge in [-0.05, 0) is 31.0 Å². The first-order chi connectivity index (χ1) is 7.30. The van der Waals surface area contributed by atoms with Crippen molar-refractivity contribution in [1.29, 1.82) is 0 Å². The van der Waals surface area contributed by atoms with E-state index in [4.69, 9.17) is 0 Å². The Labute approximate surface area is 104 Å². The predicted octanol–water partition coefficient (Wildman–Crippen LogP) is 2.56. The van der Waals surface area contributed by atoms with Crippen molar-refractivity contribution in [3.63, 3.8) is 0 Å². The van der Waals surface area contributed by atoms with E-state index in [2.05, 4.69) is 15.9 Å². The zero-order chi connectivity index (χ0) is 12.3. The molecule has 1 rings (SSSR count). The summed E-state index contributed by atoms with van der Waals surface area (Å²) in [5.41, 5.74) is 0.789. The Bertz CT molecular complexity index is 459. The average Bonchev–Trinajstić information content (AvgIpc) is 2.15. The number of alkyl halides is 1. The van der Waals surface area contributed by atoms with Crippen LogP contribution < -0.4 is 0 Å². The Morgan fingerprint density at radius 3 is 2.56 bits per heavy atom. The van der Waals surface area contributed by atoms with Crippen molar-refractivity contribution in [3.05, 3.63) is 35.6 Å². The third kappa shape index (κ3) is 3.87. The van der Waals surface area contributed by atoms with Crippen LogP contribution in [-0.4, -0.2) is 24.8 Å². The second-order valence-electron chi connectivity index (χ2n) is 3.88. The van der Waals surface area contributed by atoms with Crippen LogP contribution in [0.25, 0.3) is 0 Å². The van der Waals surface area contributed by atoms with E-state index >= 15 is 0 Å². The maximum atomic E-state index is 12.9. The largest absolute Gasteiger partial charge is 0.229 e. The van der Waals surface area contributed by atoms with Gasteiger partial charge in [-0.3, -0.25) is 0 Å². The zero-order valence-electron chi connectivity index (χ0n) is 9.15. The highest BCUT2D eigenvalue weighted by Crippen LogP contribution is 2.18. The van der Waals surface area contributed by atoms with Gasteiger partial charge in [0.15, 0.2) is 9.84 Å². The summed E-state index contributed by atoms with van der Waals surface area (Å²) >= 11 is 3.34. The van der Waals surface area contributed by atoms with Gasteiger partial charge in [0.2, 0.25) is 0 Å². The highest BCUT2D eigenvalue weighted by molar-refractivity contribution is 9.09. The SMILES string of the molecule is CC(C(Br)Cc1cccc(F)c1)S(C)(=O)=O. The van der Waals surface area contributed by atoms with Gasteiger partial charge in [-0.15, -0.1) is 0 Å². The Balaban J connectivity index is 2.75. The molecule has 0 bridgehead atoms. The number of benzene rings is 1. The van der Waals surface area contributed by atoms with Crippen molar-refractivity contribution in [2.24, 2.45) is 0 Å². The third-order valence-electron chi connectivity index (χ3n) is 2.50. The van der Waals surface area contributed by atoms with Crippen LogP contribution in [0, 0.1) is 5.82 Å². The van der Waals surface area contributed by atoms with Gasteiger partial charge in [0, 0.05) is 11.1 Å². The highest BCUT2D eigenvalue weighted by Gasteiger charge is 2.23. The van der Waals surface area contributed by atoms with Crippen LogP contribution in [0.5, 0.6) is 0 Å². The van der Waals surface area contributed by atoms with Crippen molar-refractivity contribution < 1.29 is 12.8 Å². The van der Waals surface area contributed by atoms with Gasteiger partial charge >= 0.3 is 0 Å². The lowest BCUT2D eigenvalue weighted by Crippen LogP contribution is -2.27. The van der Waals surface area contributed by atoms with Crippen LogP contribution in [0.3, 0.4) is 0 Å². The number of halogens is 2. The molecule has 0 aliphatic heterocycles. The first-order valence-corrected chi connectivity index (χ1v) is 7.75. The standard InChI is InChI=1S/C11H14BrFO2S/c1-8(16(2,14)15)11(12)7-9-4-3-5-10(13)6-9/h3-6,8,11H,7H2,1-2H3. The van der Waals surface area contributed by atoms with Crippen LogP contribution in [0.2, 0.25) is 0 Å². The molecule has 0 spiro atoms. The summed E-state index contributed by atoms with van der Waals surface area (Å²) < 4.78 is 35.6. The second-order valence-corrected chi connectivity index (χ2v) is 7.46. The molecule has 90 valence electrons. The molecule has 1 aromatic carbocycles. The molecule has 2 nitrogen and oxygen atoms in total. The predicted molar refractivity (Wildman–Crippen MR) is 67.1 cm³/mol. The molecule has 2 unspecified atom stereocenters. The van der Waals surface area contributed by atoms with Crippen LogP contribution in [0.15, 0.2) is 24.3 Å². The smallest absolute Gasteiger partial charge is 0.151 e. The Morgan fingerprint density at radius 2 is 2.06 bits per heavy atom. The summed E-state index contributed by atoms with van der Waals surface area (Å²) in [5.74, 6) is -0.302. The van der Waals surface area contributed by atoms with E-state index in [-0.39, 0.29) is 10.6 Å². The van der Waals surface area contributed by atoms with Gasteiger partial charge in [-0.2, -0.15) is 0 Å². The lowest BCUT2D eigenvalue weighted by atomic mass is 10.1. The first kappa shape index (κ1) is 13.6. The molecule has 0 saturated carbocycles. The van der Waals surface area contributed by atoms with Gasteiger partial charge in [0.1, 0.15) is 5.82 Å².